The highest BCUT2D eigenvalue weighted by molar-refractivity contribution is 5.61. The number of nitrogens with one attached hydrogen (secondary N) is 1. The van der Waals surface area contributed by atoms with Crippen molar-refractivity contribution in [3.63, 3.8) is 0 Å². The van der Waals surface area contributed by atoms with Crippen molar-refractivity contribution in [2.24, 2.45) is 0 Å². The van der Waals surface area contributed by atoms with Gasteiger partial charge >= 0.3 is 0 Å². The van der Waals surface area contributed by atoms with Crippen LogP contribution in [0.25, 0.3) is 0 Å². The molecule has 1 aliphatic carbocycles. The lowest BCUT2D eigenvalue weighted by Crippen LogP contribution is -2.34. The Balaban J connectivity index is 1.65. The monoisotopic (exact) mass is 262 g/mol. The highest BCUT2D eigenvalue weighted by atomic mass is 14.9. The van der Waals surface area contributed by atoms with Crippen molar-refractivity contribution in [3.05, 3.63) is 65.2 Å². The normalized spacial score (nSPS) is 20.8. The van der Waals surface area contributed by atoms with E-state index in [2.05, 4.69) is 41.7 Å². The summed E-state index contributed by atoms with van der Waals surface area (Å²) in [6.45, 7) is 1.98. The molecule has 0 spiro atoms. The maximum Gasteiger partial charge on any atom is 0.102 e. The number of hydrogen-bond donors (Lipinski definition) is 1. The van der Waals surface area contributed by atoms with Crippen molar-refractivity contribution in [2.45, 2.75) is 31.7 Å². The van der Waals surface area contributed by atoms with Crippen molar-refractivity contribution in [2.75, 3.05) is 5.32 Å². The Kier molecular flexibility index (Phi) is 3.43. The van der Waals surface area contributed by atoms with E-state index in [9.17, 15) is 5.26 Å². The molecule has 3 rings (SSSR count). The SMILES string of the molecule is Cc1cccc(NC2CC(c3ccccc3)C2)c1C#N. The van der Waals surface area contributed by atoms with Gasteiger partial charge in [-0.3, -0.25) is 0 Å². The summed E-state index contributed by atoms with van der Waals surface area (Å²) in [5, 5.41) is 12.8. The summed E-state index contributed by atoms with van der Waals surface area (Å²) >= 11 is 0. The number of aryl methyl sites for hydroxylation is 1. The van der Waals surface area contributed by atoms with Crippen LogP contribution in [0.4, 0.5) is 5.69 Å². The van der Waals surface area contributed by atoms with Gasteiger partial charge in [-0.15, -0.1) is 0 Å². The second-order valence-corrected chi connectivity index (χ2v) is 5.53. The first-order chi connectivity index (χ1) is 9.78. The minimum absolute atomic E-state index is 0.481. The molecule has 0 amide bonds. The number of benzene rings is 2. The Labute approximate surface area is 120 Å². The van der Waals surface area contributed by atoms with Crippen molar-refractivity contribution in [1.82, 2.24) is 0 Å². The van der Waals surface area contributed by atoms with Crippen LogP contribution < -0.4 is 5.32 Å². The fraction of sp³-hybridized carbons (Fsp3) is 0.278. The second-order valence-electron chi connectivity index (χ2n) is 5.53. The van der Waals surface area contributed by atoms with Crippen molar-refractivity contribution < 1.29 is 0 Å². The Morgan fingerprint density at radius 1 is 1.05 bits per heavy atom. The highest BCUT2D eigenvalue weighted by Crippen LogP contribution is 2.38. The van der Waals surface area contributed by atoms with Gasteiger partial charge in [-0.1, -0.05) is 42.5 Å². The van der Waals surface area contributed by atoms with E-state index in [1.165, 1.54) is 5.56 Å². The molecule has 1 N–H and O–H groups in total. The Morgan fingerprint density at radius 2 is 1.80 bits per heavy atom. The summed E-state index contributed by atoms with van der Waals surface area (Å²) in [4.78, 5) is 0. The Morgan fingerprint density at radius 3 is 2.50 bits per heavy atom. The molecule has 0 aliphatic heterocycles. The van der Waals surface area contributed by atoms with Gasteiger partial charge < -0.3 is 5.32 Å². The van der Waals surface area contributed by atoms with Crippen molar-refractivity contribution in [1.29, 1.82) is 5.26 Å². The summed E-state index contributed by atoms with van der Waals surface area (Å²) in [7, 11) is 0. The lowest BCUT2D eigenvalue weighted by Gasteiger charge is -2.37. The molecule has 100 valence electrons. The Hall–Kier alpha value is -2.27. The first-order valence-corrected chi connectivity index (χ1v) is 7.09. The van der Waals surface area contributed by atoms with E-state index < -0.39 is 0 Å². The number of hydrogen-bond acceptors (Lipinski definition) is 2. The summed E-state index contributed by atoms with van der Waals surface area (Å²) in [5.74, 6) is 0.657. The van der Waals surface area contributed by atoms with Crippen LogP contribution >= 0.6 is 0 Å². The maximum atomic E-state index is 9.24. The predicted octanol–water partition coefficient (Wildman–Crippen LogP) is 4.22. The van der Waals surface area contributed by atoms with Crippen molar-refractivity contribution >= 4 is 5.69 Å². The molecule has 1 saturated carbocycles. The number of nitriles is 1. The second kappa shape index (κ2) is 5.38. The molecule has 2 aromatic carbocycles. The molecular formula is C18H18N2. The molecule has 20 heavy (non-hydrogen) atoms. The lowest BCUT2D eigenvalue weighted by molar-refractivity contribution is 0.374. The van der Waals surface area contributed by atoms with Gasteiger partial charge in [-0.25, -0.2) is 0 Å². The first kappa shape index (κ1) is 12.7. The fourth-order valence-electron chi connectivity index (χ4n) is 2.89. The lowest BCUT2D eigenvalue weighted by atomic mass is 9.76. The van der Waals surface area contributed by atoms with Crippen LogP contribution in [-0.2, 0) is 0 Å². The molecule has 0 unspecified atom stereocenters. The average Bonchev–Trinajstić information content (AvgIpc) is 2.43. The zero-order valence-electron chi connectivity index (χ0n) is 11.6. The average molecular weight is 262 g/mol. The van der Waals surface area contributed by atoms with Gasteiger partial charge in [-0.2, -0.15) is 5.26 Å². The summed E-state index contributed by atoms with van der Waals surface area (Å²) in [5.41, 5.74) is 4.21. The molecule has 0 radical (unpaired) electrons. The molecular weight excluding hydrogens is 244 g/mol. The van der Waals surface area contributed by atoms with Crippen LogP contribution in [0.1, 0.15) is 35.4 Å². The minimum Gasteiger partial charge on any atom is -0.381 e. The third-order valence-electron chi connectivity index (χ3n) is 4.15. The van der Waals surface area contributed by atoms with E-state index in [0.29, 0.717) is 12.0 Å². The minimum atomic E-state index is 0.481. The van der Waals surface area contributed by atoms with Gasteiger partial charge in [0.1, 0.15) is 6.07 Å². The third-order valence-corrected chi connectivity index (χ3v) is 4.15. The van der Waals surface area contributed by atoms with E-state index in [0.717, 1.165) is 29.7 Å². The van der Waals surface area contributed by atoms with Crippen molar-refractivity contribution in [3.8, 4) is 6.07 Å². The smallest absolute Gasteiger partial charge is 0.102 e. The standard InChI is InChI=1S/C18H18N2/c1-13-6-5-9-18(17(13)12-19)20-16-10-15(11-16)14-7-3-2-4-8-14/h2-9,15-16,20H,10-11H2,1H3. The van der Waals surface area contributed by atoms with Gasteiger partial charge in [0, 0.05) is 6.04 Å². The highest BCUT2D eigenvalue weighted by Gasteiger charge is 2.30. The molecule has 2 nitrogen and oxygen atoms in total. The molecule has 1 aliphatic rings. The van der Waals surface area contributed by atoms with Gasteiger partial charge in [0.2, 0.25) is 0 Å². The fourth-order valence-corrected chi connectivity index (χ4v) is 2.89. The summed E-state index contributed by atoms with van der Waals surface area (Å²) < 4.78 is 0. The van der Waals surface area contributed by atoms with E-state index in [1.807, 2.05) is 25.1 Å². The van der Waals surface area contributed by atoms with E-state index in [1.54, 1.807) is 0 Å². The predicted molar refractivity (Wildman–Crippen MR) is 81.7 cm³/mol. The third kappa shape index (κ3) is 2.40. The first-order valence-electron chi connectivity index (χ1n) is 7.09. The molecule has 0 aromatic heterocycles. The van der Waals surface area contributed by atoms with Gasteiger partial charge in [-0.05, 0) is 42.9 Å². The quantitative estimate of drug-likeness (QED) is 0.898. The van der Waals surface area contributed by atoms with Crippen LogP contribution in [0.2, 0.25) is 0 Å². The molecule has 0 saturated heterocycles. The van der Waals surface area contributed by atoms with Crippen LogP contribution in [0.5, 0.6) is 0 Å². The molecule has 0 heterocycles. The molecule has 1 fully saturated rings. The molecule has 2 aromatic rings. The van der Waals surface area contributed by atoms with Gasteiger partial charge in [0.05, 0.1) is 11.3 Å². The van der Waals surface area contributed by atoms with Crippen LogP contribution in [-0.4, -0.2) is 6.04 Å². The van der Waals surface area contributed by atoms with Crippen LogP contribution in [0.15, 0.2) is 48.5 Å². The largest absolute Gasteiger partial charge is 0.381 e. The summed E-state index contributed by atoms with van der Waals surface area (Å²) in [6, 6.07) is 19.4. The zero-order valence-corrected chi connectivity index (χ0v) is 11.6. The zero-order chi connectivity index (χ0) is 13.9. The van der Waals surface area contributed by atoms with E-state index in [-0.39, 0.29) is 0 Å². The topological polar surface area (TPSA) is 35.8 Å². The van der Waals surface area contributed by atoms with E-state index >= 15 is 0 Å². The number of nitrogens with zero attached hydrogens (tertiary/aromatic N) is 1. The summed E-state index contributed by atoms with van der Waals surface area (Å²) in [6.07, 6.45) is 2.28. The van der Waals surface area contributed by atoms with E-state index in [4.69, 9.17) is 0 Å². The van der Waals surface area contributed by atoms with Crippen LogP contribution in [0.3, 0.4) is 0 Å². The molecule has 0 atom stereocenters. The number of anilines is 1. The van der Waals surface area contributed by atoms with Gasteiger partial charge in [0.15, 0.2) is 0 Å². The Bertz CT molecular complexity index is 634. The molecule has 2 heteroatoms. The molecule has 0 bridgehead atoms. The van der Waals surface area contributed by atoms with Crippen LogP contribution in [0, 0.1) is 18.3 Å². The van der Waals surface area contributed by atoms with Gasteiger partial charge in [0.25, 0.3) is 0 Å². The maximum absolute atomic E-state index is 9.24. The number of rotatable bonds is 3.